The van der Waals surface area contributed by atoms with Crippen LogP contribution in [0.5, 0.6) is 5.75 Å². The number of aromatic hydroxyl groups is 1. The minimum absolute atomic E-state index is 0.280. The smallest absolute Gasteiger partial charge is 0.402 e. The highest BCUT2D eigenvalue weighted by molar-refractivity contribution is 8.14. The van der Waals surface area contributed by atoms with Gasteiger partial charge in [0.2, 0.25) is 0 Å². The van der Waals surface area contributed by atoms with E-state index in [0.717, 1.165) is 42.2 Å². The average Bonchev–Trinajstić information content (AvgIpc) is 2.95. The molecule has 0 saturated carbocycles. The molecule has 5 nitrogen and oxygen atoms in total. The zero-order chi connectivity index (χ0) is 15.4. The Kier molecular flexibility index (Phi) is 4.80. The molecule has 1 aromatic rings. The molecule has 1 aromatic carbocycles. The van der Waals surface area contributed by atoms with Gasteiger partial charge in [0.1, 0.15) is 5.75 Å². The van der Waals surface area contributed by atoms with E-state index in [2.05, 4.69) is 22.2 Å². The molecule has 3 rings (SSSR count). The molecule has 2 fully saturated rings. The van der Waals surface area contributed by atoms with Crippen LogP contribution in [-0.4, -0.2) is 58.5 Å². The highest BCUT2D eigenvalue weighted by Gasteiger charge is 2.25. The molecular weight excluding hydrogens is 296 g/mol. The SMILES string of the molecule is CN1CCSC1=[N+]=C(Nc1ccc(O)cc1)N1CCCCC1. The van der Waals surface area contributed by atoms with Gasteiger partial charge in [-0.05, 0) is 55.3 Å². The molecule has 2 heterocycles. The highest BCUT2D eigenvalue weighted by Crippen LogP contribution is 2.16. The number of rotatable bonds is 1. The maximum Gasteiger partial charge on any atom is 0.402 e. The van der Waals surface area contributed by atoms with Crippen molar-refractivity contribution in [2.24, 2.45) is 0 Å². The fourth-order valence-corrected chi connectivity index (χ4v) is 3.66. The molecule has 0 radical (unpaired) electrons. The number of nitrogens with one attached hydrogen (secondary N) is 1. The molecule has 2 saturated heterocycles. The number of piperidine rings is 1. The van der Waals surface area contributed by atoms with Crippen molar-refractivity contribution in [2.45, 2.75) is 19.3 Å². The van der Waals surface area contributed by atoms with E-state index in [1.165, 1.54) is 19.3 Å². The first kappa shape index (κ1) is 15.1. The number of thioether (sulfide) groups is 1. The number of benzene rings is 1. The molecule has 0 unspecified atom stereocenters. The Bertz CT molecular complexity index is 574. The van der Waals surface area contributed by atoms with Crippen LogP contribution in [0.3, 0.4) is 0 Å². The Labute approximate surface area is 135 Å². The van der Waals surface area contributed by atoms with Crippen LogP contribution < -0.4 is 9.98 Å². The summed E-state index contributed by atoms with van der Waals surface area (Å²) in [5.41, 5.74) is 0.952. The third-order valence-corrected chi connectivity index (χ3v) is 5.01. The Morgan fingerprint density at radius 1 is 1.14 bits per heavy atom. The van der Waals surface area contributed by atoms with Crippen molar-refractivity contribution in [3.8, 4) is 5.75 Å². The Balaban J connectivity index is 1.88. The van der Waals surface area contributed by atoms with E-state index in [0.29, 0.717) is 0 Å². The predicted molar refractivity (Wildman–Crippen MR) is 94.4 cm³/mol. The van der Waals surface area contributed by atoms with Gasteiger partial charge in [-0.1, -0.05) is 0 Å². The Morgan fingerprint density at radius 2 is 1.86 bits per heavy atom. The van der Waals surface area contributed by atoms with Crippen molar-refractivity contribution < 1.29 is 5.11 Å². The molecule has 2 N–H and O–H groups in total. The minimum Gasteiger partial charge on any atom is -0.508 e. The second kappa shape index (κ2) is 6.99. The lowest BCUT2D eigenvalue weighted by Gasteiger charge is -2.23. The van der Waals surface area contributed by atoms with E-state index in [-0.39, 0.29) is 5.75 Å². The lowest BCUT2D eigenvalue weighted by atomic mass is 10.1. The number of amidine groups is 1. The van der Waals surface area contributed by atoms with Crippen LogP contribution in [0.2, 0.25) is 0 Å². The van der Waals surface area contributed by atoms with Gasteiger partial charge in [-0.2, -0.15) is 0 Å². The van der Waals surface area contributed by atoms with E-state index < -0.39 is 0 Å². The molecular formula is C16H23N4OS+. The van der Waals surface area contributed by atoms with Crippen molar-refractivity contribution in [1.82, 2.24) is 14.5 Å². The first-order valence-corrected chi connectivity index (χ1v) is 8.81. The molecule has 0 aliphatic carbocycles. The molecule has 0 spiro atoms. The summed E-state index contributed by atoms with van der Waals surface area (Å²) in [5.74, 6) is 2.30. The normalized spacial score (nSPS) is 18.3. The second-order valence-corrected chi connectivity index (χ2v) is 6.77. The largest absolute Gasteiger partial charge is 0.508 e. The molecule has 2 aliphatic heterocycles. The minimum atomic E-state index is 0.280. The lowest BCUT2D eigenvalue weighted by molar-refractivity contribution is 0.341. The van der Waals surface area contributed by atoms with E-state index in [1.807, 2.05) is 12.1 Å². The quantitative estimate of drug-likeness (QED) is 0.357. The van der Waals surface area contributed by atoms with Gasteiger partial charge in [-0.3, -0.25) is 15.1 Å². The van der Waals surface area contributed by atoms with Crippen molar-refractivity contribution in [1.29, 1.82) is 0 Å². The van der Waals surface area contributed by atoms with Gasteiger partial charge in [-0.25, -0.2) is 4.67 Å². The highest BCUT2D eigenvalue weighted by atomic mass is 32.2. The van der Waals surface area contributed by atoms with E-state index in [1.54, 1.807) is 23.9 Å². The number of guanidine groups is 1. The van der Waals surface area contributed by atoms with Crippen LogP contribution in [0.15, 0.2) is 24.3 Å². The zero-order valence-corrected chi connectivity index (χ0v) is 13.8. The molecule has 22 heavy (non-hydrogen) atoms. The second-order valence-electron chi connectivity index (χ2n) is 5.71. The summed E-state index contributed by atoms with van der Waals surface area (Å²) in [7, 11) is 2.09. The van der Waals surface area contributed by atoms with Crippen LogP contribution in [0.25, 0.3) is 0 Å². The van der Waals surface area contributed by atoms with Crippen LogP contribution in [0.4, 0.5) is 5.69 Å². The number of nitrogens with zero attached hydrogens (tertiary/aromatic N) is 3. The maximum atomic E-state index is 9.42. The molecule has 0 aromatic heterocycles. The monoisotopic (exact) mass is 319 g/mol. The number of hydrogen-bond acceptors (Lipinski definition) is 2. The predicted octanol–water partition coefficient (Wildman–Crippen LogP) is 1.75. The topological polar surface area (TPSA) is 52.8 Å². The first-order chi connectivity index (χ1) is 10.7. The molecule has 118 valence electrons. The van der Waals surface area contributed by atoms with Crippen LogP contribution in [0.1, 0.15) is 19.3 Å². The van der Waals surface area contributed by atoms with E-state index in [4.69, 9.17) is 4.67 Å². The van der Waals surface area contributed by atoms with Gasteiger partial charge in [0, 0.05) is 12.8 Å². The summed E-state index contributed by atoms with van der Waals surface area (Å²) in [6, 6.07) is 7.15. The summed E-state index contributed by atoms with van der Waals surface area (Å²) in [4.78, 5) is 4.53. The summed E-state index contributed by atoms with van der Waals surface area (Å²) in [5, 5.41) is 13.9. The van der Waals surface area contributed by atoms with Gasteiger partial charge in [0.15, 0.2) is 0 Å². The summed E-state index contributed by atoms with van der Waals surface area (Å²) < 4.78 is 4.87. The zero-order valence-electron chi connectivity index (χ0n) is 13.0. The van der Waals surface area contributed by atoms with Crippen molar-refractivity contribution >= 4 is 28.6 Å². The molecule has 6 heteroatoms. The van der Waals surface area contributed by atoms with E-state index >= 15 is 0 Å². The Morgan fingerprint density at radius 3 is 2.50 bits per heavy atom. The van der Waals surface area contributed by atoms with Crippen molar-refractivity contribution in [3.05, 3.63) is 24.3 Å². The molecule has 2 aliphatic rings. The number of phenolic OH excluding ortho intramolecular Hbond substituents is 1. The first-order valence-electron chi connectivity index (χ1n) is 7.83. The van der Waals surface area contributed by atoms with Gasteiger partial charge in [0.25, 0.3) is 0 Å². The number of likely N-dealkylation sites (tertiary alicyclic amines) is 1. The fourth-order valence-electron chi connectivity index (χ4n) is 2.65. The number of anilines is 1. The molecule has 0 bridgehead atoms. The lowest BCUT2D eigenvalue weighted by Crippen LogP contribution is -2.42. The van der Waals surface area contributed by atoms with E-state index in [9.17, 15) is 5.11 Å². The Hall–Kier alpha value is -1.78. The average molecular weight is 319 g/mol. The number of phenols is 1. The van der Waals surface area contributed by atoms with Crippen LogP contribution in [0, 0.1) is 0 Å². The van der Waals surface area contributed by atoms with Gasteiger partial charge >= 0.3 is 11.1 Å². The standard InChI is InChI=1S/C16H22N4OS/c1-19-11-12-22-16(19)18-15(20-9-3-2-4-10-20)17-13-5-7-14(21)8-6-13/h5-8,21H,2-4,9-12H2,1H3/p+1. The van der Waals surface area contributed by atoms with Crippen LogP contribution in [-0.2, 0) is 0 Å². The summed E-state index contributed by atoms with van der Waals surface area (Å²) in [6.45, 7) is 3.15. The molecule has 0 atom stereocenters. The third kappa shape index (κ3) is 3.70. The van der Waals surface area contributed by atoms with Crippen molar-refractivity contribution in [2.75, 3.05) is 37.8 Å². The fraction of sp³-hybridized carbons (Fsp3) is 0.500. The number of hydrogen-bond donors (Lipinski definition) is 2. The van der Waals surface area contributed by atoms with Crippen LogP contribution >= 0.6 is 11.8 Å². The third-order valence-electron chi connectivity index (χ3n) is 3.96. The van der Waals surface area contributed by atoms with Crippen molar-refractivity contribution in [3.63, 3.8) is 0 Å². The summed E-state index contributed by atoms with van der Waals surface area (Å²) in [6.07, 6.45) is 3.73. The maximum absolute atomic E-state index is 9.42. The van der Waals surface area contributed by atoms with Gasteiger partial charge < -0.3 is 5.11 Å². The summed E-state index contributed by atoms with van der Waals surface area (Å²) >= 11 is 1.80. The molecule has 0 amide bonds. The van der Waals surface area contributed by atoms with Gasteiger partial charge in [0.05, 0.1) is 25.3 Å². The van der Waals surface area contributed by atoms with Gasteiger partial charge in [-0.15, -0.1) is 0 Å².